The number of anilines is 1. The third kappa shape index (κ3) is 2.68. The van der Waals surface area contributed by atoms with Gasteiger partial charge in [-0.2, -0.15) is 0 Å². The molecule has 0 atom stereocenters. The van der Waals surface area contributed by atoms with E-state index in [1.165, 1.54) is 49.8 Å². The van der Waals surface area contributed by atoms with E-state index in [4.69, 9.17) is 9.97 Å². The van der Waals surface area contributed by atoms with Gasteiger partial charge in [-0.3, -0.25) is 0 Å². The van der Waals surface area contributed by atoms with Crippen LogP contribution in [0, 0.1) is 5.41 Å². The molecule has 2 aliphatic carbocycles. The van der Waals surface area contributed by atoms with E-state index in [2.05, 4.69) is 19.2 Å². The van der Waals surface area contributed by atoms with E-state index in [-0.39, 0.29) is 0 Å². The normalized spacial score (nSPS) is 22.4. The van der Waals surface area contributed by atoms with Crippen LogP contribution in [0.25, 0.3) is 0 Å². The van der Waals surface area contributed by atoms with Crippen LogP contribution in [0.5, 0.6) is 0 Å². The number of nitrogens with zero attached hydrogens (tertiary/aromatic N) is 2. The van der Waals surface area contributed by atoms with Gasteiger partial charge < -0.3 is 5.32 Å². The van der Waals surface area contributed by atoms with Gasteiger partial charge in [-0.1, -0.05) is 13.8 Å². The molecule has 20 heavy (non-hydrogen) atoms. The number of hydrogen-bond acceptors (Lipinski definition) is 3. The summed E-state index contributed by atoms with van der Waals surface area (Å²) in [5, 5.41) is 3.30. The van der Waals surface area contributed by atoms with Gasteiger partial charge in [0.1, 0.15) is 11.6 Å². The SMILES string of the molecule is CNc1nc(C2CCC(C)(C)CC2)nc2c1CCCC2. The highest BCUT2D eigenvalue weighted by Gasteiger charge is 2.30. The Kier molecular flexibility index (Phi) is 3.70. The maximum absolute atomic E-state index is 4.94. The number of aromatic nitrogens is 2. The van der Waals surface area contributed by atoms with Crippen LogP contribution in [0.2, 0.25) is 0 Å². The third-order valence-corrected chi connectivity index (χ3v) is 5.14. The summed E-state index contributed by atoms with van der Waals surface area (Å²) in [5.74, 6) is 2.77. The number of nitrogens with one attached hydrogen (secondary N) is 1. The maximum atomic E-state index is 4.94. The fourth-order valence-electron chi connectivity index (χ4n) is 3.66. The van der Waals surface area contributed by atoms with Crippen LogP contribution >= 0.6 is 0 Å². The molecule has 0 unspecified atom stereocenters. The highest BCUT2D eigenvalue weighted by Crippen LogP contribution is 2.42. The van der Waals surface area contributed by atoms with E-state index in [1.54, 1.807) is 0 Å². The number of aryl methyl sites for hydroxylation is 1. The Morgan fingerprint density at radius 2 is 1.75 bits per heavy atom. The minimum atomic E-state index is 0.510. The fourth-order valence-corrected chi connectivity index (χ4v) is 3.66. The number of fused-ring (bicyclic) bond motifs is 1. The van der Waals surface area contributed by atoms with Crippen molar-refractivity contribution in [2.75, 3.05) is 12.4 Å². The zero-order valence-electron chi connectivity index (χ0n) is 13.1. The molecule has 110 valence electrons. The molecule has 3 rings (SSSR count). The van der Waals surface area contributed by atoms with E-state index in [0.717, 1.165) is 24.5 Å². The smallest absolute Gasteiger partial charge is 0.134 e. The lowest BCUT2D eigenvalue weighted by molar-refractivity contribution is 0.220. The topological polar surface area (TPSA) is 37.8 Å². The first-order chi connectivity index (χ1) is 9.59. The van der Waals surface area contributed by atoms with Crippen molar-refractivity contribution in [2.24, 2.45) is 5.41 Å². The van der Waals surface area contributed by atoms with Crippen LogP contribution < -0.4 is 5.32 Å². The largest absolute Gasteiger partial charge is 0.373 e. The zero-order valence-corrected chi connectivity index (χ0v) is 13.1. The molecule has 1 heterocycles. The zero-order chi connectivity index (χ0) is 14.2. The summed E-state index contributed by atoms with van der Waals surface area (Å²) in [6, 6.07) is 0. The standard InChI is InChI=1S/C17H27N3/c1-17(2)10-8-12(9-11-17)15-19-14-7-5-4-6-13(14)16(18-3)20-15/h12H,4-11H2,1-3H3,(H,18,19,20). The van der Waals surface area contributed by atoms with E-state index in [9.17, 15) is 0 Å². The Bertz CT molecular complexity index is 466. The first-order valence-corrected chi connectivity index (χ1v) is 8.16. The number of hydrogen-bond donors (Lipinski definition) is 1. The van der Waals surface area contributed by atoms with E-state index >= 15 is 0 Å². The van der Waals surface area contributed by atoms with Crippen molar-refractivity contribution >= 4 is 5.82 Å². The average molecular weight is 273 g/mol. The summed E-state index contributed by atoms with van der Waals surface area (Å²) in [5.41, 5.74) is 3.20. The first kappa shape index (κ1) is 13.8. The van der Waals surface area contributed by atoms with Crippen molar-refractivity contribution in [1.82, 2.24) is 9.97 Å². The molecule has 0 spiro atoms. The molecule has 3 nitrogen and oxygen atoms in total. The van der Waals surface area contributed by atoms with Crippen molar-refractivity contribution < 1.29 is 0 Å². The van der Waals surface area contributed by atoms with Crippen LogP contribution in [-0.2, 0) is 12.8 Å². The van der Waals surface area contributed by atoms with Gasteiger partial charge in [0.25, 0.3) is 0 Å². The molecule has 2 aliphatic rings. The Morgan fingerprint density at radius 3 is 2.45 bits per heavy atom. The maximum Gasteiger partial charge on any atom is 0.134 e. The molecule has 0 aliphatic heterocycles. The van der Waals surface area contributed by atoms with E-state index in [0.29, 0.717) is 11.3 Å². The van der Waals surface area contributed by atoms with E-state index in [1.807, 2.05) is 7.05 Å². The molecule has 1 saturated carbocycles. The molecule has 0 saturated heterocycles. The first-order valence-electron chi connectivity index (χ1n) is 8.16. The molecule has 0 radical (unpaired) electrons. The molecule has 1 fully saturated rings. The van der Waals surface area contributed by atoms with Gasteiger partial charge in [-0.15, -0.1) is 0 Å². The van der Waals surface area contributed by atoms with Crippen LogP contribution in [0.15, 0.2) is 0 Å². The Balaban J connectivity index is 1.87. The summed E-state index contributed by atoms with van der Waals surface area (Å²) >= 11 is 0. The Labute approximate surface area is 122 Å². The lowest BCUT2D eigenvalue weighted by atomic mass is 9.73. The second kappa shape index (κ2) is 5.34. The summed E-state index contributed by atoms with van der Waals surface area (Å²) in [4.78, 5) is 9.80. The summed E-state index contributed by atoms with van der Waals surface area (Å²) < 4.78 is 0. The molecule has 3 heteroatoms. The minimum absolute atomic E-state index is 0.510. The average Bonchev–Trinajstić information content (AvgIpc) is 2.46. The molecular weight excluding hydrogens is 246 g/mol. The molecule has 1 N–H and O–H groups in total. The molecule has 1 aromatic rings. The van der Waals surface area contributed by atoms with Gasteiger partial charge in [0.05, 0.1) is 0 Å². The van der Waals surface area contributed by atoms with Gasteiger partial charge in [0, 0.05) is 24.2 Å². The summed E-state index contributed by atoms with van der Waals surface area (Å²) in [7, 11) is 1.99. The van der Waals surface area contributed by atoms with Crippen molar-refractivity contribution in [3.8, 4) is 0 Å². The lowest BCUT2D eigenvalue weighted by Crippen LogP contribution is -2.22. The Hall–Kier alpha value is -1.12. The fraction of sp³-hybridized carbons (Fsp3) is 0.765. The summed E-state index contributed by atoms with van der Waals surface area (Å²) in [6.45, 7) is 4.77. The number of rotatable bonds is 2. The van der Waals surface area contributed by atoms with Gasteiger partial charge in [-0.05, 0) is 56.8 Å². The van der Waals surface area contributed by atoms with Crippen molar-refractivity contribution in [3.63, 3.8) is 0 Å². The van der Waals surface area contributed by atoms with Crippen molar-refractivity contribution in [2.45, 2.75) is 71.1 Å². The molecule has 0 aromatic carbocycles. The predicted octanol–water partition coefficient (Wildman–Crippen LogP) is 4.08. The van der Waals surface area contributed by atoms with Crippen molar-refractivity contribution in [1.29, 1.82) is 0 Å². The van der Waals surface area contributed by atoms with Gasteiger partial charge in [0.2, 0.25) is 0 Å². The molecular formula is C17H27N3. The quantitative estimate of drug-likeness (QED) is 0.882. The summed E-state index contributed by atoms with van der Waals surface area (Å²) in [6.07, 6.45) is 9.93. The van der Waals surface area contributed by atoms with Gasteiger partial charge in [-0.25, -0.2) is 9.97 Å². The third-order valence-electron chi connectivity index (χ3n) is 5.14. The molecule has 0 bridgehead atoms. The van der Waals surface area contributed by atoms with Crippen molar-refractivity contribution in [3.05, 3.63) is 17.1 Å². The van der Waals surface area contributed by atoms with Crippen LogP contribution in [0.1, 0.15) is 75.4 Å². The molecule has 1 aromatic heterocycles. The lowest BCUT2D eigenvalue weighted by Gasteiger charge is -2.34. The highest BCUT2D eigenvalue weighted by atomic mass is 15.0. The van der Waals surface area contributed by atoms with Crippen LogP contribution in [0.4, 0.5) is 5.82 Å². The Morgan fingerprint density at radius 1 is 1.05 bits per heavy atom. The van der Waals surface area contributed by atoms with Gasteiger partial charge in [0.15, 0.2) is 0 Å². The second-order valence-corrected chi connectivity index (χ2v) is 7.25. The minimum Gasteiger partial charge on any atom is -0.373 e. The van der Waals surface area contributed by atoms with E-state index < -0.39 is 0 Å². The van der Waals surface area contributed by atoms with Crippen LogP contribution in [0.3, 0.4) is 0 Å². The molecule has 0 amide bonds. The van der Waals surface area contributed by atoms with Gasteiger partial charge >= 0.3 is 0 Å². The van der Waals surface area contributed by atoms with Crippen LogP contribution in [-0.4, -0.2) is 17.0 Å². The predicted molar refractivity (Wildman–Crippen MR) is 83.2 cm³/mol. The highest BCUT2D eigenvalue weighted by molar-refractivity contribution is 5.47. The monoisotopic (exact) mass is 273 g/mol. The second-order valence-electron chi connectivity index (χ2n) is 7.25.